The van der Waals surface area contributed by atoms with E-state index < -0.39 is 30.5 Å². The number of aryl methyl sites for hydroxylation is 1. The van der Waals surface area contributed by atoms with E-state index in [1.54, 1.807) is 0 Å². The second-order valence-corrected chi connectivity index (χ2v) is 5.32. The Morgan fingerprint density at radius 2 is 2.04 bits per heavy atom. The van der Waals surface area contributed by atoms with Gasteiger partial charge < -0.3 is 14.8 Å². The molecule has 0 saturated heterocycles. The Bertz CT molecular complexity index is 769. The highest BCUT2D eigenvalue weighted by Gasteiger charge is 2.37. The molecule has 0 spiro atoms. The molecule has 0 bridgehead atoms. The van der Waals surface area contributed by atoms with Gasteiger partial charge in [0.2, 0.25) is 0 Å². The number of rotatable bonds is 4. The van der Waals surface area contributed by atoms with Gasteiger partial charge in [-0.3, -0.25) is 4.79 Å². The summed E-state index contributed by atoms with van der Waals surface area (Å²) in [4.78, 5) is 22.9. The largest absolute Gasteiger partial charge is 0.480 e. The van der Waals surface area contributed by atoms with Gasteiger partial charge in [-0.05, 0) is 25.1 Å². The topological polar surface area (TPSA) is 79.5 Å². The third kappa shape index (κ3) is 3.95. The third-order valence-electron chi connectivity index (χ3n) is 3.14. The maximum absolute atomic E-state index is 12.4. The molecule has 2 N–H and O–H groups in total. The second kappa shape index (κ2) is 6.11. The van der Waals surface area contributed by atoms with E-state index >= 15 is 0 Å². The lowest BCUT2D eigenvalue weighted by Crippen LogP contribution is -2.43. The Hall–Kier alpha value is -2.22. The lowest BCUT2D eigenvalue weighted by molar-refractivity contribution is -0.157. The molecule has 124 valence electrons. The van der Waals surface area contributed by atoms with Crippen LogP contribution in [0.15, 0.2) is 22.6 Å². The number of nitrogens with one attached hydrogen (secondary N) is 1. The highest BCUT2D eigenvalue weighted by Crippen LogP contribution is 2.28. The van der Waals surface area contributed by atoms with Gasteiger partial charge >= 0.3 is 12.1 Å². The van der Waals surface area contributed by atoms with E-state index in [9.17, 15) is 22.8 Å². The van der Waals surface area contributed by atoms with Crippen LogP contribution in [0.3, 0.4) is 0 Å². The van der Waals surface area contributed by atoms with Gasteiger partial charge in [-0.25, -0.2) is 4.79 Å². The molecule has 1 aromatic heterocycles. The quantitative estimate of drug-likeness (QED) is 0.885. The van der Waals surface area contributed by atoms with Crippen LogP contribution in [0.4, 0.5) is 13.2 Å². The molecule has 1 heterocycles. The average Bonchev–Trinajstić information content (AvgIpc) is 2.73. The van der Waals surface area contributed by atoms with Crippen LogP contribution in [0.2, 0.25) is 5.02 Å². The van der Waals surface area contributed by atoms with Gasteiger partial charge in [0, 0.05) is 16.0 Å². The van der Waals surface area contributed by atoms with E-state index in [0.717, 1.165) is 0 Å². The van der Waals surface area contributed by atoms with Crippen molar-refractivity contribution < 1.29 is 32.3 Å². The predicted molar refractivity (Wildman–Crippen MR) is 75.5 cm³/mol. The third-order valence-corrected chi connectivity index (χ3v) is 3.38. The van der Waals surface area contributed by atoms with Gasteiger partial charge in [0.05, 0.1) is 6.42 Å². The number of hydrogen-bond donors (Lipinski definition) is 2. The Morgan fingerprint density at radius 1 is 1.39 bits per heavy atom. The Morgan fingerprint density at radius 3 is 2.61 bits per heavy atom. The molecule has 9 heteroatoms. The molecule has 2 rings (SSSR count). The molecule has 1 amide bonds. The van der Waals surface area contributed by atoms with Crippen LogP contribution in [0.5, 0.6) is 0 Å². The number of halogens is 4. The number of benzene rings is 1. The summed E-state index contributed by atoms with van der Waals surface area (Å²) in [6.45, 7) is 1.52. The van der Waals surface area contributed by atoms with Gasteiger partial charge in [-0.2, -0.15) is 13.2 Å². The van der Waals surface area contributed by atoms with E-state index in [1.165, 1.54) is 25.1 Å². The van der Waals surface area contributed by atoms with Crippen molar-refractivity contribution in [3.05, 3.63) is 34.5 Å². The van der Waals surface area contributed by atoms with Crippen LogP contribution in [0.25, 0.3) is 11.0 Å². The summed E-state index contributed by atoms with van der Waals surface area (Å²) in [5.41, 5.74) is 0.677. The van der Waals surface area contributed by atoms with Crippen LogP contribution in [-0.4, -0.2) is 29.2 Å². The Labute approximate surface area is 133 Å². The lowest BCUT2D eigenvalue weighted by Gasteiger charge is -2.15. The van der Waals surface area contributed by atoms with Crippen LogP contribution in [-0.2, 0) is 4.79 Å². The van der Waals surface area contributed by atoms with Crippen molar-refractivity contribution in [2.75, 3.05) is 0 Å². The van der Waals surface area contributed by atoms with Crippen LogP contribution < -0.4 is 5.32 Å². The average molecular weight is 350 g/mol. The first kappa shape index (κ1) is 17.1. The minimum Gasteiger partial charge on any atom is -0.480 e. The molecule has 1 atom stereocenters. The normalized spacial score (nSPS) is 13.1. The summed E-state index contributed by atoms with van der Waals surface area (Å²) in [6, 6.07) is 2.47. The van der Waals surface area contributed by atoms with Crippen molar-refractivity contribution in [3.63, 3.8) is 0 Å². The Kier molecular flexibility index (Phi) is 4.56. The van der Waals surface area contributed by atoms with Crippen molar-refractivity contribution in [2.24, 2.45) is 0 Å². The number of hydrogen-bond acceptors (Lipinski definition) is 3. The second-order valence-electron chi connectivity index (χ2n) is 4.88. The molecule has 23 heavy (non-hydrogen) atoms. The van der Waals surface area contributed by atoms with Crippen LogP contribution >= 0.6 is 11.6 Å². The summed E-state index contributed by atoms with van der Waals surface area (Å²) in [6.07, 6.45) is -6.41. The van der Waals surface area contributed by atoms with E-state index in [0.29, 0.717) is 21.6 Å². The molecular weight excluding hydrogens is 339 g/mol. The number of carboxylic acids is 1. The minimum atomic E-state index is -4.73. The first-order chi connectivity index (χ1) is 10.6. The van der Waals surface area contributed by atoms with Crippen LogP contribution in [0, 0.1) is 6.92 Å². The number of aliphatic carboxylic acids is 1. The zero-order chi connectivity index (χ0) is 17.4. The number of carboxylic acid groups (broad SMARTS) is 1. The zero-order valence-electron chi connectivity index (χ0n) is 11.7. The summed E-state index contributed by atoms with van der Waals surface area (Å²) in [5, 5.41) is 11.6. The number of amides is 1. The van der Waals surface area contributed by atoms with E-state index in [1.807, 2.05) is 5.32 Å². The maximum atomic E-state index is 12.4. The van der Waals surface area contributed by atoms with Crippen LogP contribution in [0.1, 0.15) is 22.5 Å². The van der Waals surface area contributed by atoms with E-state index in [4.69, 9.17) is 21.1 Å². The molecule has 1 aromatic carbocycles. The molecule has 1 unspecified atom stereocenters. The molecule has 2 aromatic rings. The zero-order valence-corrected chi connectivity index (χ0v) is 12.5. The summed E-state index contributed by atoms with van der Waals surface area (Å²) in [5.74, 6) is -3.07. The summed E-state index contributed by atoms with van der Waals surface area (Å²) < 4.78 is 42.4. The van der Waals surface area contributed by atoms with Crippen molar-refractivity contribution in [1.29, 1.82) is 0 Å². The molecule has 0 aliphatic heterocycles. The lowest BCUT2D eigenvalue weighted by atomic mass is 10.1. The highest BCUT2D eigenvalue weighted by molar-refractivity contribution is 6.31. The standard InChI is InChI=1S/C14H11ClF3NO4/c1-6-8-4-7(15)2-3-10(8)23-11(6)12(20)19-9(13(21)22)5-14(16,17)18/h2-4,9H,5H2,1H3,(H,19,20)(H,21,22). The SMILES string of the molecule is Cc1c(C(=O)NC(CC(F)(F)F)C(=O)O)oc2ccc(Cl)cc12. The van der Waals surface area contributed by atoms with Crippen molar-refractivity contribution in [2.45, 2.75) is 25.6 Å². The number of carbonyl (C=O) groups excluding carboxylic acids is 1. The van der Waals surface area contributed by atoms with Gasteiger partial charge in [-0.15, -0.1) is 0 Å². The molecule has 0 radical (unpaired) electrons. The van der Waals surface area contributed by atoms with Crippen molar-refractivity contribution >= 4 is 34.4 Å². The Balaban J connectivity index is 2.29. The molecule has 5 nitrogen and oxygen atoms in total. The smallest absolute Gasteiger partial charge is 0.391 e. The number of carbonyl (C=O) groups is 2. The molecule has 0 aliphatic rings. The van der Waals surface area contributed by atoms with E-state index in [2.05, 4.69) is 0 Å². The maximum Gasteiger partial charge on any atom is 0.391 e. The molecule has 0 aliphatic carbocycles. The fraction of sp³-hybridized carbons (Fsp3) is 0.286. The molecule has 0 saturated carbocycles. The van der Waals surface area contributed by atoms with Gasteiger partial charge in [-0.1, -0.05) is 11.6 Å². The molecular formula is C14H11ClF3NO4. The number of alkyl halides is 3. The van der Waals surface area contributed by atoms with Gasteiger partial charge in [0.1, 0.15) is 11.6 Å². The van der Waals surface area contributed by atoms with E-state index in [-0.39, 0.29) is 5.76 Å². The molecule has 0 fully saturated rings. The summed E-state index contributed by atoms with van der Waals surface area (Å²) in [7, 11) is 0. The monoisotopic (exact) mass is 349 g/mol. The van der Waals surface area contributed by atoms with Gasteiger partial charge in [0.25, 0.3) is 5.91 Å². The predicted octanol–water partition coefficient (Wildman–Crippen LogP) is 3.53. The number of fused-ring (bicyclic) bond motifs is 1. The summed E-state index contributed by atoms with van der Waals surface area (Å²) >= 11 is 5.83. The highest BCUT2D eigenvalue weighted by atomic mass is 35.5. The fourth-order valence-electron chi connectivity index (χ4n) is 2.07. The minimum absolute atomic E-state index is 0.254. The van der Waals surface area contributed by atoms with Crippen molar-refractivity contribution in [3.8, 4) is 0 Å². The first-order valence-electron chi connectivity index (χ1n) is 6.37. The van der Waals surface area contributed by atoms with Gasteiger partial charge in [0.15, 0.2) is 5.76 Å². The first-order valence-corrected chi connectivity index (χ1v) is 6.75. The fourth-order valence-corrected chi connectivity index (χ4v) is 2.24. The van der Waals surface area contributed by atoms with Crippen molar-refractivity contribution in [1.82, 2.24) is 5.32 Å². The number of furan rings is 1.